The van der Waals surface area contributed by atoms with Crippen molar-refractivity contribution in [3.63, 3.8) is 0 Å². The molecule has 2 heteroatoms. The summed E-state index contributed by atoms with van der Waals surface area (Å²) < 4.78 is 5.37. The molecule has 19 heavy (non-hydrogen) atoms. The summed E-state index contributed by atoms with van der Waals surface area (Å²) in [5.74, 6) is 0.682. The molecule has 0 saturated carbocycles. The summed E-state index contributed by atoms with van der Waals surface area (Å²) in [5.41, 5.74) is 2.11. The fourth-order valence-corrected chi connectivity index (χ4v) is 2.66. The molecule has 1 aliphatic rings. The van der Waals surface area contributed by atoms with E-state index in [0.29, 0.717) is 11.8 Å². The van der Waals surface area contributed by atoms with Gasteiger partial charge in [0.15, 0.2) is 0 Å². The van der Waals surface area contributed by atoms with Gasteiger partial charge >= 0.3 is 5.97 Å². The van der Waals surface area contributed by atoms with Crippen LogP contribution in [0.2, 0.25) is 0 Å². The Morgan fingerprint density at radius 1 is 1.63 bits per heavy atom. The lowest BCUT2D eigenvalue weighted by molar-refractivity contribution is -0.151. The summed E-state index contributed by atoms with van der Waals surface area (Å²) in [7, 11) is 0. The number of carbonyl (C=O) groups is 1. The molecule has 0 aromatic carbocycles. The van der Waals surface area contributed by atoms with E-state index in [9.17, 15) is 4.79 Å². The van der Waals surface area contributed by atoms with Crippen molar-refractivity contribution in [2.45, 2.75) is 52.6 Å². The quantitative estimate of drug-likeness (QED) is 0.541. The van der Waals surface area contributed by atoms with E-state index in [1.165, 1.54) is 18.1 Å². The highest BCUT2D eigenvalue weighted by molar-refractivity contribution is 5.66. The Labute approximate surface area is 117 Å². The first-order valence-corrected chi connectivity index (χ1v) is 6.97. The maximum atomic E-state index is 11.2. The van der Waals surface area contributed by atoms with Gasteiger partial charge in [-0.1, -0.05) is 37.3 Å². The van der Waals surface area contributed by atoms with Crippen LogP contribution >= 0.6 is 0 Å². The Morgan fingerprint density at radius 3 is 2.79 bits per heavy atom. The highest BCUT2D eigenvalue weighted by Gasteiger charge is 2.29. The minimum Gasteiger partial charge on any atom is -0.455 e. The van der Waals surface area contributed by atoms with Crippen molar-refractivity contribution >= 4 is 5.97 Å². The van der Waals surface area contributed by atoms with Gasteiger partial charge in [-0.3, -0.25) is 4.79 Å². The first-order chi connectivity index (χ1) is 8.79. The maximum Gasteiger partial charge on any atom is 0.303 e. The zero-order chi connectivity index (χ0) is 14.6. The normalized spacial score (nSPS) is 26.3. The number of hydrogen-bond acceptors (Lipinski definition) is 2. The highest BCUT2D eigenvalue weighted by atomic mass is 16.6. The van der Waals surface area contributed by atoms with Crippen molar-refractivity contribution in [2.24, 2.45) is 11.8 Å². The molecular formula is C17H26O2. The lowest BCUT2D eigenvalue weighted by Crippen LogP contribution is -2.30. The van der Waals surface area contributed by atoms with E-state index in [1.54, 1.807) is 6.08 Å². The van der Waals surface area contributed by atoms with Crippen LogP contribution in [-0.4, -0.2) is 11.6 Å². The van der Waals surface area contributed by atoms with E-state index in [4.69, 9.17) is 4.74 Å². The van der Waals surface area contributed by atoms with E-state index in [-0.39, 0.29) is 5.97 Å². The van der Waals surface area contributed by atoms with Crippen LogP contribution in [0.15, 0.2) is 36.5 Å². The second-order valence-corrected chi connectivity index (χ2v) is 5.86. The summed E-state index contributed by atoms with van der Waals surface area (Å²) in [6, 6.07) is 0. The molecule has 3 unspecified atom stereocenters. The van der Waals surface area contributed by atoms with Crippen LogP contribution < -0.4 is 0 Å². The van der Waals surface area contributed by atoms with Crippen LogP contribution in [0.4, 0.5) is 0 Å². The number of ether oxygens (including phenoxy) is 1. The molecule has 106 valence electrons. The molecule has 2 nitrogen and oxygen atoms in total. The van der Waals surface area contributed by atoms with Crippen molar-refractivity contribution in [3.8, 4) is 0 Å². The Hall–Kier alpha value is -1.31. The summed E-state index contributed by atoms with van der Waals surface area (Å²) in [6.45, 7) is 15.8. The summed E-state index contributed by atoms with van der Waals surface area (Å²) in [4.78, 5) is 11.2. The molecule has 0 heterocycles. The van der Waals surface area contributed by atoms with Gasteiger partial charge in [0, 0.05) is 12.8 Å². The third-order valence-electron chi connectivity index (χ3n) is 4.16. The first kappa shape index (κ1) is 15.7. The van der Waals surface area contributed by atoms with E-state index in [0.717, 1.165) is 19.3 Å². The molecule has 0 aliphatic heterocycles. The van der Waals surface area contributed by atoms with Gasteiger partial charge in [0.25, 0.3) is 0 Å². The van der Waals surface area contributed by atoms with Crippen LogP contribution in [0.1, 0.15) is 47.0 Å². The average Bonchev–Trinajstić information content (AvgIpc) is 2.33. The molecule has 0 amide bonds. The fraction of sp³-hybridized carbons (Fsp3) is 0.588. The van der Waals surface area contributed by atoms with Gasteiger partial charge in [-0.2, -0.15) is 0 Å². The third kappa shape index (κ3) is 4.09. The number of rotatable bonds is 5. The molecule has 0 radical (unpaired) electrons. The smallest absolute Gasteiger partial charge is 0.303 e. The molecule has 1 rings (SSSR count). The third-order valence-corrected chi connectivity index (χ3v) is 4.16. The predicted molar refractivity (Wildman–Crippen MR) is 79.8 cm³/mol. The standard InChI is InChI=1S/C17H26O2/c1-7-17(6,19-15(5)18)11-10-16-13(3)9-8-12(2)14(16)4/h7,9,12,16H,1,4,8,10-11H2,2-3,5-6H3. The van der Waals surface area contributed by atoms with Crippen molar-refractivity contribution in [3.05, 3.63) is 36.5 Å². The van der Waals surface area contributed by atoms with Gasteiger partial charge in [-0.05, 0) is 45.1 Å². The summed E-state index contributed by atoms with van der Waals surface area (Å²) >= 11 is 0. The second-order valence-electron chi connectivity index (χ2n) is 5.86. The molecule has 1 aliphatic carbocycles. The fourth-order valence-electron chi connectivity index (χ4n) is 2.66. The van der Waals surface area contributed by atoms with Gasteiger partial charge in [-0.25, -0.2) is 0 Å². The lowest BCUT2D eigenvalue weighted by atomic mass is 9.75. The molecule has 0 saturated heterocycles. The molecule has 0 aromatic rings. The van der Waals surface area contributed by atoms with Gasteiger partial charge in [0.05, 0.1) is 0 Å². The minimum atomic E-state index is -0.576. The highest BCUT2D eigenvalue weighted by Crippen LogP contribution is 2.37. The van der Waals surface area contributed by atoms with E-state index < -0.39 is 5.60 Å². The number of hydrogen-bond donors (Lipinski definition) is 0. The molecular weight excluding hydrogens is 236 g/mol. The van der Waals surface area contributed by atoms with Gasteiger partial charge in [0.1, 0.15) is 5.60 Å². The van der Waals surface area contributed by atoms with Crippen LogP contribution in [-0.2, 0) is 9.53 Å². The molecule has 3 atom stereocenters. The molecule has 0 bridgehead atoms. The Morgan fingerprint density at radius 2 is 2.26 bits per heavy atom. The Kier molecular flexibility index (Phi) is 5.16. The summed E-state index contributed by atoms with van der Waals surface area (Å²) in [5, 5.41) is 0. The van der Waals surface area contributed by atoms with Crippen molar-refractivity contribution in [1.82, 2.24) is 0 Å². The number of allylic oxidation sites excluding steroid dienone is 3. The topological polar surface area (TPSA) is 26.3 Å². The van der Waals surface area contributed by atoms with E-state index >= 15 is 0 Å². The molecule has 0 spiro atoms. The van der Waals surface area contributed by atoms with Crippen LogP contribution in [0.5, 0.6) is 0 Å². The monoisotopic (exact) mass is 262 g/mol. The van der Waals surface area contributed by atoms with Gasteiger partial charge in [-0.15, -0.1) is 0 Å². The van der Waals surface area contributed by atoms with Crippen LogP contribution in [0.25, 0.3) is 0 Å². The first-order valence-electron chi connectivity index (χ1n) is 6.97. The van der Waals surface area contributed by atoms with Crippen LogP contribution in [0, 0.1) is 11.8 Å². The minimum absolute atomic E-state index is 0.259. The maximum absolute atomic E-state index is 11.2. The molecule has 0 N–H and O–H groups in total. The molecule has 0 aromatic heterocycles. The number of esters is 1. The zero-order valence-electron chi connectivity index (χ0n) is 12.7. The van der Waals surface area contributed by atoms with Crippen molar-refractivity contribution in [2.75, 3.05) is 0 Å². The van der Waals surface area contributed by atoms with Crippen LogP contribution in [0.3, 0.4) is 0 Å². The van der Waals surface area contributed by atoms with Crippen molar-refractivity contribution in [1.29, 1.82) is 0 Å². The van der Waals surface area contributed by atoms with E-state index in [2.05, 4.69) is 33.1 Å². The summed E-state index contributed by atoms with van der Waals surface area (Å²) in [6.07, 6.45) is 6.84. The number of carbonyl (C=O) groups excluding carboxylic acids is 1. The van der Waals surface area contributed by atoms with Crippen molar-refractivity contribution < 1.29 is 9.53 Å². The lowest BCUT2D eigenvalue weighted by Gasteiger charge is -2.32. The molecule has 0 fully saturated rings. The Bertz CT molecular complexity index is 405. The van der Waals surface area contributed by atoms with E-state index in [1.807, 2.05) is 6.92 Å². The van der Waals surface area contributed by atoms with Gasteiger partial charge < -0.3 is 4.74 Å². The predicted octanol–water partition coefficient (Wildman–Crippen LogP) is 4.43. The second kappa shape index (κ2) is 6.23. The zero-order valence-corrected chi connectivity index (χ0v) is 12.7. The Balaban J connectivity index is 2.71. The van der Waals surface area contributed by atoms with Gasteiger partial charge in [0.2, 0.25) is 0 Å². The largest absolute Gasteiger partial charge is 0.455 e. The average molecular weight is 262 g/mol. The SMILES string of the molecule is C=CC(C)(CCC1C(=C)C(C)CC=C1C)OC(C)=O.